The van der Waals surface area contributed by atoms with Gasteiger partial charge >= 0.3 is 0 Å². The zero-order valence-electron chi connectivity index (χ0n) is 18.6. The predicted octanol–water partition coefficient (Wildman–Crippen LogP) is 5.14. The van der Waals surface area contributed by atoms with Gasteiger partial charge in [0.1, 0.15) is 5.82 Å². The van der Waals surface area contributed by atoms with E-state index in [1.807, 2.05) is 30.5 Å². The van der Waals surface area contributed by atoms with Crippen molar-refractivity contribution in [3.8, 4) is 11.1 Å². The van der Waals surface area contributed by atoms with Crippen LogP contribution in [0.4, 0.5) is 4.39 Å². The molecule has 0 amide bonds. The molecule has 6 aromatic rings. The highest BCUT2D eigenvalue weighted by molar-refractivity contribution is 5.86. The smallest absolute Gasteiger partial charge is 0.261 e. The van der Waals surface area contributed by atoms with Gasteiger partial charge in [-0.2, -0.15) is 5.10 Å². The van der Waals surface area contributed by atoms with Gasteiger partial charge in [0.15, 0.2) is 5.65 Å². The Morgan fingerprint density at radius 2 is 1.91 bits per heavy atom. The molecule has 0 saturated carbocycles. The second-order valence-electron chi connectivity index (χ2n) is 8.40. The number of aryl methyl sites for hydroxylation is 3. The first-order valence-electron chi connectivity index (χ1n) is 11.3. The van der Waals surface area contributed by atoms with Gasteiger partial charge in [-0.3, -0.25) is 4.79 Å². The molecule has 168 valence electrons. The van der Waals surface area contributed by atoms with Crippen molar-refractivity contribution in [2.24, 2.45) is 0 Å². The zero-order chi connectivity index (χ0) is 23.2. The Balaban J connectivity index is 1.41. The molecule has 0 radical (unpaired) electrons. The van der Waals surface area contributed by atoms with E-state index in [1.54, 1.807) is 27.5 Å². The fraction of sp³-hybridized carbons (Fsp3) is 0.148. The Hall–Kier alpha value is -4.26. The molecule has 0 aliphatic carbocycles. The van der Waals surface area contributed by atoms with Crippen molar-refractivity contribution in [3.05, 3.63) is 101 Å². The van der Waals surface area contributed by atoms with Crippen molar-refractivity contribution in [3.63, 3.8) is 0 Å². The minimum Gasteiger partial charge on any atom is -0.361 e. The number of hydrogen-bond acceptors (Lipinski definition) is 3. The van der Waals surface area contributed by atoms with Crippen LogP contribution >= 0.6 is 0 Å². The molecular formula is C27H22FN5O. The first-order valence-corrected chi connectivity index (χ1v) is 11.3. The third-order valence-corrected chi connectivity index (χ3v) is 6.41. The number of halogens is 1. The van der Waals surface area contributed by atoms with E-state index in [4.69, 9.17) is 5.10 Å². The number of pyridine rings is 1. The van der Waals surface area contributed by atoms with E-state index in [9.17, 15) is 9.18 Å². The van der Waals surface area contributed by atoms with Crippen LogP contribution in [-0.4, -0.2) is 24.1 Å². The number of fused-ring (bicyclic) bond motifs is 4. The average Bonchev–Trinajstić information content (AvgIpc) is 3.45. The maximum Gasteiger partial charge on any atom is 0.261 e. The third kappa shape index (κ3) is 3.20. The lowest BCUT2D eigenvalue weighted by Crippen LogP contribution is -2.21. The van der Waals surface area contributed by atoms with Gasteiger partial charge in [-0.25, -0.2) is 13.9 Å². The van der Waals surface area contributed by atoms with Crippen molar-refractivity contribution in [1.29, 1.82) is 0 Å². The molecule has 6 rings (SSSR count). The van der Waals surface area contributed by atoms with Crippen molar-refractivity contribution < 1.29 is 4.39 Å². The summed E-state index contributed by atoms with van der Waals surface area (Å²) >= 11 is 0. The van der Waals surface area contributed by atoms with Crippen LogP contribution in [0, 0.1) is 5.82 Å². The highest BCUT2D eigenvalue weighted by Gasteiger charge is 2.17. The zero-order valence-corrected chi connectivity index (χ0v) is 18.6. The Morgan fingerprint density at radius 1 is 1.06 bits per heavy atom. The molecule has 0 bridgehead atoms. The van der Waals surface area contributed by atoms with Crippen molar-refractivity contribution in [2.45, 2.75) is 26.3 Å². The Morgan fingerprint density at radius 3 is 2.74 bits per heavy atom. The second kappa shape index (κ2) is 7.95. The summed E-state index contributed by atoms with van der Waals surface area (Å²) < 4.78 is 17.2. The molecular weight excluding hydrogens is 429 g/mol. The van der Waals surface area contributed by atoms with E-state index in [-0.39, 0.29) is 11.4 Å². The topological polar surface area (TPSA) is 68.0 Å². The fourth-order valence-corrected chi connectivity index (χ4v) is 4.68. The van der Waals surface area contributed by atoms with Gasteiger partial charge in [0.2, 0.25) is 0 Å². The minimum absolute atomic E-state index is 0.118. The number of nitrogens with one attached hydrogen (secondary N) is 1. The Kier molecular flexibility index (Phi) is 4.76. The van der Waals surface area contributed by atoms with Crippen LogP contribution < -0.4 is 5.56 Å². The predicted molar refractivity (Wildman–Crippen MR) is 132 cm³/mol. The van der Waals surface area contributed by atoms with E-state index in [0.29, 0.717) is 18.4 Å². The summed E-state index contributed by atoms with van der Waals surface area (Å²) in [4.78, 5) is 21.1. The van der Waals surface area contributed by atoms with Crippen LogP contribution in [0.15, 0.2) is 78.0 Å². The maximum absolute atomic E-state index is 13.7. The Bertz CT molecular complexity index is 1730. The molecule has 4 heterocycles. The van der Waals surface area contributed by atoms with Gasteiger partial charge < -0.3 is 9.55 Å². The summed E-state index contributed by atoms with van der Waals surface area (Å²) in [5, 5.41) is 6.16. The lowest BCUT2D eigenvalue weighted by Gasteiger charge is -2.08. The van der Waals surface area contributed by atoms with E-state index < -0.39 is 0 Å². The molecule has 1 N–H and O–H groups in total. The molecule has 2 aromatic carbocycles. The highest BCUT2D eigenvalue weighted by Crippen LogP contribution is 2.29. The summed E-state index contributed by atoms with van der Waals surface area (Å²) in [5.74, 6) is -0.271. The molecule has 4 aromatic heterocycles. The Labute approximate surface area is 194 Å². The summed E-state index contributed by atoms with van der Waals surface area (Å²) in [5.41, 5.74) is 6.22. The average molecular weight is 452 g/mol. The SMILES string of the molecule is CCc1nn2c(ncc3c(=O)n(CCc4c[nH]c5ccc(F)cc45)ccc32)c1-c1ccccc1. The molecule has 7 heteroatoms. The standard InChI is InChI=1S/C27H22FN5O/c1-2-22-25(17-6-4-3-5-7-17)26-30-16-21-24(33(26)31-22)11-13-32(27(21)34)12-10-18-15-29-23-9-8-19(28)14-20(18)23/h3-9,11,13-16,29H,2,10,12H2,1H3. The minimum atomic E-state index is -0.271. The van der Waals surface area contributed by atoms with Gasteiger partial charge in [-0.15, -0.1) is 0 Å². The largest absolute Gasteiger partial charge is 0.361 e. The number of aromatic amines is 1. The summed E-state index contributed by atoms with van der Waals surface area (Å²) in [6, 6.07) is 16.7. The molecule has 0 saturated heterocycles. The van der Waals surface area contributed by atoms with Gasteiger partial charge in [0.05, 0.1) is 16.6 Å². The van der Waals surface area contributed by atoms with E-state index in [1.165, 1.54) is 12.1 Å². The molecule has 0 aliphatic rings. The third-order valence-electron chi connectivity index (χ3n) is 6.41. The lowest BCUT2D eigenvalue weighted by atomic mass is 10.0. The number of rotatable bonds is 5. The monoisotopic (exact) mass is 451 g/mol. The van der Waals surface area contributed by atoms with Crippen LogP contribution in [-0.2, 0) is 19.4 Å². The summed E-state index contributed by atoms with van der Waals surface area (Å²) in [6.07, 6.45) is 6.69. The van der Waals surface area contributed by atoms with E-state index in [0.717, 1.165) is 50.9 Å². The number of H-pyrrole nitrogens is 1. The van der Waals surface area contributed by atoms with Gasteiger partial charge in [0.25, 0.3) is 5.56 Å². The van der Waals surface area contributed by atoms with Crippen molar-refractivity contribution in [1.82, 2.24) is 24.1 Å². The fourth-order valence-electron chi connectivity index (χ4n) is 4.68. The van der Waals surface area contributed by atoms with Crippen molar-refractivity contribution >= 4 is 27.5 Å². The number of benzene rings is 2. The summed E-state index contributed by atoms with van der Waals surface area (Å²) in [6.45, 7) is 2.55. The lowest BCUT2D eigenvalue weighted by molar-refractivity contribution is 0.629. The molecule has 34 heavy (non-hydrogen) atoms. The van der Waals surface area contributed by atoms with Crippen LogP contribution in [0.25, 0.3) is 38.6 Å². The molecule has 0 atom stereocenters. The molecule has 0 unspecified atom stereocenters. The normalized spacial score (nSPS) is 11.7. The van der Waals surface area contributed by atoms with Gasteiger partial charge in [-0.1, -0.05) is 37.3 Å². The highest BCUT2D eigenvalue weighted by atomic mass is 19.1. The molecule has 0 fully saturated rings. The summed E-state index contributed by atoms with van der Waals surface area (Å²) in [7, 11) is 0. The van der Waals surface area contributed by atoms with Gasteiger partial charge in [-0.05, 0) is 48.2 Å². The first-order chi connectivity index (χ1) is 16.6. The van der Waals surface area contributed by atoms with E-state index in [2.05, 4.69) is 29.0 Å². The second-order valence-corrected chi connectivity index (χ2v) is 8.40. The van der Waals surface area contributed by atoms with Gasteiger partial charge in [0, 0.05) is 41.6 Å². The number of nitrogens with zero attached hydrogens (tertiary/aromatic N) is 4. The van der Waals surface area contributed by atoms with E-state index >= 15 is 0 Å². The van der Waals surface area contributed by atoms with Crippen LogP contribution in [0.3, 0.4) is 0 Å². The number of aromatic nitrogens is 5. The van der Waals surface area contributed by atoms with Crippen LogP contribution in [0.5, 0.6) is 0 Å². The van der Waals surface area contributed by atoms with Crippen LogP contribution in [0.2, 0.25) is 0 Å². The van der Waals surface area contributed by atoms with Crippen LogP contribution in [0.1, 0.15) is 18.2 Å². The molecule has 6 nitrogen and oxygen atoms in total. The first kappa shape index (κ1) is 20.4. The maximum atomic E-state index is 13.7. The van der Waals surface area contributed by atoms with Crippen molar-refractivity contribution in [2.75, 3.05) is 0 Å². The molecule has 0 spiro atoms. The number of hydrogen-bond donors (Lipinski definition) is 1. The quantitative estimate of drug-likeness (QED) is 0.395. The molecule has 0 aliphatic heterocycles.